The molecule has 4 N–H and O–H groups in total. The zero-order chi connectivity index (χ0) is 23.2. The minimum Gasteiger partial charge on any atom is -0.497 e. The Kier molecular flexibility index (Phi) is 7.06. The van der Waals surface area contributed by atoms with E-state index in [1.54, 1.807) is 25.3 Å². The standard InChI is InChI=1S/C23H24N4O5S/c1-30-15-4-2-14(3-5-15)25-19-12-17(32-16-8-10-31-11-9-16)6-7-18(19)22(29)27-23-26-20(13-33-23)21(24)28/h2-7,12-13,16,25H,8-11H2,1H3,(H2,24,28)(H,26,27,29). The Hall–Kier alpha value is -3.63. The number of nitrogens with zero attached hydrogens (tertiary/aromatic N) is 1. The lowest BCUT2D eigenvalue weighted by Crippen LogP contribution is -2.26. The molecule has 0 atom stereocenters. The van der Waals surface area contributed by atoms with Crippen molar-refractivity contribution in [3.63, 3.8) is 0 Å². The van der Waals surface area contributed by atoms with Crippen LogP contribution in [0.15, 0.2) is 47.8 Å². The van der Waals surface area contributed by atoms with Crippen molar-refractivity contribution in [1.82, 2.24) is 4.98 Å². The topological polar surface area (TPSA) is 125 Å². The lowest BCUT2D eigenvalue weighted by Gasteiger charge is -2.24. The van der Waals surface area contributed by atoms with Crippen molar-refractivity contribution in [2.24, 2.45) is 5.73 Å². The number of thiazole rings is 1. The second-order valence-electron chi connectivity index (χ2n) is 7.35. The molecule has 0 unspecified atom stereocenters. The van der Waals surface area contributed by atoms with E-state index in [2.05, 4.69) is 15.6 Å². The number of aromatic nitrogens is 1. The van der Waals surface area contributed by atoms with Crippen molar-refractivity contribution < 1.29 is 23.8 Å². The zero-order valence-corrected chi connectivity index (χ0v) is 18.8. The highest BCUT2D eigenvalue weighted by molar-refractivity contribution is 7.14. The highest BCUT2D eigenvalue weighted by atomic mass is 32.1. The summed E-state index contributed by atoms with van der Waals surface area (Å²) in [6, 6.07) is 12.6. The van der Waals surface area contributed by atoms with E-state index < -0.39 is 5.91 Å². The van der Waals surface area contributed by atoms with Crippen LogP contribution in [0.1, 0.15) is 33.7 Å². The van der Waals surface area contributed by atoms with Crippen LogP contribution in [0.5, 0.6) is 11.5 Å². The van der Waals surface area contributed by atoms with Gasteiger partial charge >= 0.3 is 0 Å². The highest BCUT2D eigenvalue weighted by Crippen LogP contribution is 2.29. The Morgan fingerprint density at radius 2 is 1.85 bits per heavy atom. The van der Waals surface area contributed by atoms with E-state index in [-0.39, 0.29) is 22.8 Å². The van der Waals surface area contributed by atoms with E-state index in [4.69, 9.17) is 19.9 Å². The Bertz CT molecular complexity index is 1130. The van der Waals surface area contributed by atoms with Crippen molar-refractivity contribution >= 4 is 39.7 Å². The van der Waals surface area contributed by atoms with Crippen LogP contribution < -0.4 is 25.8 Å². The van der Waals surface area contributed by atoms with Crippen molar-refractivity contribution in [1.29, 1.82) is 0 Å². The van der Waals surface area contributed by atoms with Gasteiger partial charge in [-0.25, -0.2) is 4.98 Å². The molecule has 10 heteroatoms. The van der Waals surface area contributed by atoms with Crippen LogP contribution in [0.3, 0.4) is 0 Å². The molecular formula is C23H24N4O5S. The van der Waals surface area contributed by atoms with Gasteiger partial charge in [-0.3, -0.25) is 14.9 Å². The van der Waals surface area contributed by atoms with E-state index in [1.165, 1.54) is 5.38 Å². The number of nitrogens with two attached hydrogens (primary N) is 1. The van der Waals surface area contributed by atoms with Crippen molar-refractivity contribution in [3.8, 4) is 11.5 Å². The molecule has 4 rings (SSSR count). The summed E-state index contributed by atoms with van der Waals surface area (Å²) in [7, 11) is 1.60. The number of ether oxygens (including phenoxy) is 3. The first kappa shape index (κ1) is 22.6. The Balaban J connectivity index is 1.58. The summed E-state index contributed by atoms with van der Waals surface area (Å²) in [4.78, 5) is 28.4. The molecule has 0 saturated carbocycles. The van der Waals surface area contributed by atoms with Crippen LogP contribution >= 0.6 is 11.3 Å². The third-order valence-corrected chi connectivity index (χ3v) is 5.81. The third kappa shape index (κ3) is 5.79. The van der Waals surface area contributed by atoms with E-state index in [0.29, 0.717) is 30.2 Å². The van der Waals surface area contributed by atoms with Gasteiger partial charge < -0.3 is 25.3 Å². The molecule has 0 aliphatic carbocycles. The number of benzene rings is 2. The molecule has 172 valence electrons. The molecule has 33 heavy (non-hydrogen) atoms. The van der Waals surface area contributed by atoms with Crippen LogP contribution in [0.25, 0.3) is 0 Å². The maximum absolute atomic E-state index is 13.0. The minimum atomic E-state index is -0.650. The number of carbonyl (C=O) groups excluding carboxylic acids is 2. The summed E-state index contributed by atoms with van der Waals surface area (Å²) in [5, 5.41) is 7.78. The van der Waals surface area contributed by atoms with Gasteiger partial charge in [-0.05, 0) is 36.4 Å². The zero-order valence-electron chi connectivity index (χ0n) is 18.0. The number of hydrogen-bond acceptors (Lipinski definition) is 8. The van der Waals surface area contributed by atoms with Crippen molar-refractivity contribution in [2.75, 3.05) is 31.0 Å². The van der Waals surface area contributed by atoms with Crippen molar-refractivity contribution in [2.45, 2.75) is 18.9 Å². The normalized spacial score (nSPS) is 13.8. The second kappa shape index (κ2) is 10.3. The van der Waals surface area contributed by atoms with Crippen LogP contribution in [-0.2, 0) is 4.74 Å². The monoisotopic (exact) mass is 468 g/mol. The number of methoxy groups -OCH3 is 1. The summed E-state index contributed by atoms with van der Waals surface area (Å²) in [5.74, 6) is 0.348. The van der Waals surface area contributed by atoms with Gasteiger partial charge in [0, 0.05) is 30.0 Å². The van der Waals surface area contributed by atoms with Crippen LogP contribution in [0.4, 0.5) is 16.5 Å². The number of amides is 2. The predicted octanol–water partition coefficient (Wildman–Crippen LogP) is 3.80. The lowest BCUT2D eigenvalue weighted by molar-refractivity contribution is 0.0256. The van der Waals surface area contributed by atoms with Crippen molar-refractivity contribution in [3.05, 3.63) is 59.1 Å². The summed E-state index contributed by atoms with van der Waals surface area (Å²) < 4.78 is 16.7. The first-order chi connectivity index (χ1) is 16.0. The van der Waals surface area contributed by atoms with E-state index in [0.717, 1.165) is 35.6 Å². The summed E-state index contributed by atoms with van der Waals surface area (Å²) in [6.07, 6.45) is 1.70. The smallest absolute Gasteiger partial charge is 0.268 e. The molecule has 2 amide bonds. The van der Waals surface area contributed by atoms with Crippen LogP contribution in [-0.4, -0.2) is 43.2 Å². The molecule has 2 heterocycles. The molecule has 0 radical (unpaired) electrons. The van der Waals surface area contributed by atoms with Gasteiger partial charge in [-0.1, -0.05) is 0 Å². The fourth-order valence-electron chi connectivity index (χ4n) is 3.32. The summed E-state index contributed by atoms with van der Waals surface area (Å²) in [5.41, 5.74) is 7.08. The highest BCUT2D eigenvalue weighted by Gasteiger charge is 2.19. The minimum absolute atomic E-state index is 0.0646. The van der Waals surface area contributed by atoms with Gasteiger partial charge in [0.1, 0.15) is 23.3 Å². The summed E-state index contributed by atoms with van der Waals surface area (Å²) in [6.45, 7) is 1.34. The number of nitrogens with one attached hydrogen (secondary N) is 2. The summed E-state index contributed by atoms with van der Waals surface area (Å²) >= 11 is 1.13. The van der Waals surface area contributed by atoms with Gasteiger partial charge in [-0.15, -0.1) is 11.3 Å². The molecule has 1 aromatic heterocycles. The molecule has 1 aliphatic rings. The molecular weight excluding hydrogens is 444 g/mol. The Morgan fingerprint density at radius 3 is 2.52 bits per heavy atom. The molecule has 1 aliphatic heterocycles. The number of primary amides is 1. The lowest BCUT2D eigenvalue weighted by atomic mass is 10.1. The van der Waals surface area contributed by atoms with Crippen LogP contribution in [0, 0.1) is 0 Å². The second-order valence-corrected chi connectivity index (χ2v) is 8.20. The first-order valence-corrected chi connectivity index (χ1v) is 11.3. The van der Waals surface area contributed by atoms with E-state index in [1.807, 2.05) is 24.3 Å². The molecule has 0 bridgehead atoms. The number of carbonyl (C=O) groups is 2. The van der Waals surface area contributed by atoms with Gasteiger partial charge in [0.2, 0.25) is 0 Å². The predicted molar refractivity (Wildman–Crippen MR) is 126 cm³/mol. The number of hydrogen-bond donors (Lipinski definition) is 3. The quantitative estimate of drug-likeness (QED) is 0.459. The maximum atomic E-state index is 13.0. The molecule has 9 nitrogen and oxygen atoms in total. The maximum Gasteiger partial charge on any atom is 0.268 e. The van der Waals surface area contributed by atoms with Gasteiger partial charge in [0.05, 0.1) is 31.6 Å². The number of rotatable bonds is 8. The SMILES string of the molecule is COc1ccc(Nc2cc(OC3CCOCC3)ccc2C(=O)Nc2nc(C(N)=O)cs2)cc1. The Morgan fingerprint density at radius 1 is 1.12 bits per heavy atom. The first-order valence-electron chi connectivity index (χ1n) is 10.4. The molecule has 2 aromatic carbocycles. The molecule has 1 fully saturated rings. The van der Waals surface area contributed by atoms with Gasteiger partial charge in [-0.2, -0.15) is 0 Å². The fourth-order valence-corrected chi connectivity index (χ4v) is 4.02. The molecule has 1 saturated heterocycles. The van der Waals surface area contributed by atoms with Gasteiger partial charge in [0.25, 0.3) is 11.8 Å². The van der Waals surface area contributed by atoms with E-state index in [9.17, 15) is 9.59 Å². The number of anilines is 3. The Labute approximate surface area is 194 Å². The average molecular weight is 469 g/mol. The average Bonchev–Trinajstić information content (AvgIpc) is 3.29. The van der Waals surface area contributed by atoms with Gasteiger partial charge in [0.15, 0.2) is 5.13 Å². The van der Waals surface area contributed by atoms with Crippen LogP contribution in [0.2, 0.25) is 0 Å². The molecule has 0 spiro atoms. The third-order valence-electron chi connectivity index (χ3n) is 5.05. The molecule has 3 aromatic rings. The largest absolute Gasteiger partial charge is 0.497 e. The fraction of sp³-hybridized carbons (Fsp3) is 0.261. The van der Waals surface area contributed by atoms with E-state index >= 15 is 0 Å².